The zero-order valence-corrected chi connectivity index (χ0v) is 15.4. The van der Waals surface area contributed by atoms with Crippen LogP contribution in [0.15, 0.2) is 42.7 Å². The van der Waals surface area contributed by atoms with Gasteiger partial charge in [-0.15, -0.1) is 0 Å². The Morgan fingerprint density at radius 1 is 1.07 bits per heavy atom. The molecule has 1 N–H and O–H groups in total. The van der Waals surface area contributed by atoms with Crippen LogP contribution >= 0.6 is 0 Å². The van der Waals surface area contributed by atoms with Crippen LogP contribution in [0.1, 0.15) is 32.1 Å². The second-order valence-corrected chi connectivity index (χ2v) is 7.15. The normalized spacial score (nSPS) is 20.6. The van der Waals surface area contributed by atoms with E-state index in [2.05, 4.69) is 10.3 Å². The molecule has 0 radical (unpaired) electrons. The number of para-hydroxylation sites is 1. The highest BCUT2D eigenvalue weighted by atomic mass is 16.2. The summed E-state index contributed by atoms with van der Waals surface area (Å²) in [5.74, 6) is 0.782. The van der Waals surface area contributed by atoms with Crippen molar-refractivity contribution in [1.29, 1.82) is 0 Å². The van der Waals surface area contributed by atoms with Crippen molar-refractivity contribution in [2.45, 2.75) is 38.1 Å². The number of nitrogens with zero attached hydrogens (tertiary/aromatic N) is 4. The maximum absolute atomic E-state index is 12.8. The lowest BCUT2D eigenvalue weighted by molar-refractivity contribution is -0.129. The monoisotopic (exact) mass is 367 g/mol. The number of carbonyl (C=O) groups is 2. The van der Waals surface area contributed by atoms with Gasteiger partial charge in [-0.3, -0.25) is 14.7 Å². The number of anilines is 1. The Morgan fingerprint density at radius 3 is 2.70 bits per heavy atom. The lowest BCUT2D eigenvalue weighted by Gasteiger charge is -2.27. The second-order valence-electron chi connectivity index (χ2n) is 7.15. The summed E-state index contributed by atoms with van der Waals surface area (Å²) in [5.41, 5.74) is 0.953. The molecule has 3 heterocycles. The average Bonchev–Trinajstić information content (AvgIpc) is 3.25. The first-order valence-electron chi connectivity index (χ1n) is 9.66. The molecule has 2 saturated heterocycles. The third kappa shape index (κ3) is 3.82. The largest absolute Gasteiger partial charge is 0.340 e. The molecule has 0 bridgehead atoms. The fourth-order valence-electron chi connectivity index (χ4n) is 4.02. The van der Waals surface area contributed by atoms with Gasteiger partial charge in [0.1, 0.15) is 0 Å². The van der Waals surface area contributed by atoms with Crippen molar-refractivity contribution in [3.8, 4) is 5.69 Å². The second kappa shape index (κ2) is 7.82. The van der Waals surface area contributed by atoms with Crippen LogP contribution in [0.4, 0.5) is 10.7 Å². The van der Waals surface area contributed by atoms with Crippen LogP contribution in [-0.2, 0) is 4.79 Å². The van der Waals surface area contributed by atoms with Gasteiger partial charge in [0.25, 0.3) is 0 Å². The van der Waals surface area contributed by atoms with Gasteiger partial charge in [0.15, 0.2) is 0 Å². The van der Waals surface area contributed by atoms with E-state index in [-0.39, 0.29) is 18.0 Å². The Hall–Kier alpha value is -2.83. The molecule has 1 aromatic heterocycles. The van der Waals surface area contributed by atoms with Gasteiger partial charge in [0.2, 0.25) is 11.9 Å². The fraction of sp³-hybridized carbons (Fsp3) is 0.450. The number of carbonyl (C=O) groups excluding carboxylic acids is 2. The Balaban J connectivity index is 1.39. The number of hydrogen-bond acceptors (Lipinski definition) is 3. The molecule has 2 aliphatic rings. The molecule has 0 saturated carbocycles. The Labute approximate surface area is 159 Å². The number of rotatable bonds is 3. The molecule has 1 atom stereocenters. The Morgan fingerprint density at radius 2 is 1.93 bits per heavy atom. The standard InChI is InChI=1S/C20H25N5O2/c26-18-9-5-13-24(18)17-8-4-12-23(14-10-17)20(27)22-19-21-11-15-25(19)16-6-2-1-3-7-16/h1-3,6-7,11,15,17H,4-5,8-10,12-14H2,(H,21,22,27). The first-order chi connectivity index (χ1) is 13.2. The van der Waals surface area contributed by atoms with Gasteiger partial charge in [-0.2, -0.15) is 0 Å². The number of urea groups is 1. The van der Waals surface area contributed by atoms with E-state index in [0.717, 1.165) is 37.9 Å². The summed E-state index contributed by atoms with van der Waals surface area (Å²) >= 11 is 0. The summed E-state index contributed by atoms with van der Waals surface area (Å²) in [5, 5.41) is 2.94. The average molecular weight is 367 g/mol. The molecular weight excluding hydrogens is 342 g/mol. The van der Waals surface area contributed by atoms with E-state index >= 15 is 0 Å². The van der Waals surface area contributed by atoms with Crippen molar-refractivity contribution >= 4 is 17.9 Å². The van der Waals surface area contributed by atoms with Crippen LogP contribution in [-0.4, -0.2) is 57.0 Å². The first-order valence-corrected chi connectivity index (χ1v) is 9.66. The first kappa shape index (κ1) is 17.6. The van der Waals surface area contributed by atoms with Gasteiger partial charge in [-0.05, 0) is 37.8 Å². The molecule has 1 unspecified atom stereocenters. The van der Waals surface area contributed by atoms with E-state index in [1.807, 2.05) is 50.9 Å². The van der Waals surface area contributed by atoms with Crippen molar-refractivity contribution in [1.82, 2.24) is 19.4 Å². The molecule has 3 amide bonds. The molecule has 4 rings (SSSR count). The number of aromatic nitrogens is 2. The van der Waals surface area contributed by atoms with Crippen LogP contribution in [0, 0.1) is 0 Å². The Kier molecular flexibility index (Phi) is 5.09. The van der Waals surface area contributed by atoms with Crippen LogP contribution in [0.2, 0.25) is 0 Å². The van der Waals surface area contributed by atoms with Crippen molar-refractivity contribution in [2.75, 3.05) is 25.0 Å². The summed E-state index contributed by atoms with van der Waals surface area (Å²) in [4.78, 5) is 32.9. The third-order valence-corrected chi connectivity index (χ3v) is 5.43. The van der Waals surface area contributed by atoms with E-state index in [0.29, 0.717) is 25.5 Å². The minimum absolute atomic E-state index is 0.133. The zero-order chi connectivity index (χ0) is 18.6. The number of amides is 3. The third-order valence-electron chi connectivity index (χ3n) is 5.43. The van der Waals surface area contributed by atoms with Crippen LogP contribution in [0.5, 0.6) is 0 Å². The smallest absolute Gasteiger partial charge is 0.324 e. The van der Waals surface area contributed by atoms with Gasteiger partial charge in [-0.1, -0.05) is 18.2 Å². The SMILES string of the molecule is O=C(Nc1nccn1-c1ccccc1)N1CCCC(N2CCCC2=O)CC1. The lowest BCUT2D eigenvalue weighted by Crippen LogP contribution is -2.39. The molecule has 0 spiro atoms. The summed E-state index contributed by atoms with van der Waals surface area (Å²) in [7, 11) is 0. The van der Waals surface area contributed by atoms with Crippen molar-refractivity contribution in [3.05, 3.63) is 42.7 Å². The highest BCUT2D eigenvalue weighted by Crippen LogP contribution is 2.23. The molecule has 142 valence electrons. The lowest BCUT2D eigenvalue weighted by atomic mass is 10.1. The number of imidazole rings is 1. The van der Waals surface area contributed by atoms with Gasteiger partial charge in [-0.25, -0.2) is 9.78 Å². The summed E-state index contributed by atoms with van der Waals surface area (Å²) in [6, 6.07) is 9.94. The molecule has 2 aromatic rings. The van der Waals surface area contributed by atoms with E-state index in [4.69, 9.17) is 0 Å². The highest BCUT2D eigenvalue weighted by Gasteiger charge is 2.30. The van der Waals surface area contributed by atoms with Crippen molar-refractivity contribution < 1.29 is 9.59 Å². The van der Waals surface area contributed by atoms with Gasteiger partial charge in [0, 0.05) is 50.2 Å². The topological polar surface area (TPSA) is 70.5 Å². The minimum Gasteiger partial charge on any atom is -0.340 e. The molecular formula is C20H25N5O2. The summed E-state index contributed by atoms with van der Waals surface area (Å²) < 4.78 is 1.86. The van der Waals surface area contributed by atoms with E-state index in [1.54, 1.807) is 6.20 Å². The molecule has 7 heteroatoms. The van der Waals surface area contributed by atoms with Gasteiger partial charge in [0.05, 0.1) is 0 Å². The molecule has 7 nitrogen and oxygen atoms in total. The van der Waals surface area contributed by atoms with Crippen molar-refractivity contribution in [2.24, 2.45) is 0 Å². The maximum Gasteiger partial charge on any atom is 0.324 e. The quantitative estimate of drug-likeness (QED) is 0.907. The number of hydrogen-bond donors (Lipinski definition) is 1. The van der Waals surface area contributed by atoms with E-state index in [9.17, 15) is 9.59 Å². The summed E-state index contributed by atoms with van der Waals surface area (Å²) in [6.45, 7) is 2.23. The minimum atomic E-state index is -0.133. The van der Waals surface area contributed by atoms with Gasteiger partial charge < -0.3 is 9.80 Å². The van der Waals surface area contributed by atoms with Gasteiger partial charge >= 0.3 is 6.03 Å². The number of benzene rings is 1. The number of likely N-dealkylation sites (tertiary alicyclic amines) is 2. The van der Waals surface area contributed by atoms with Crippen LogP contribution in [0.25, 0.3) is 5.69 Å². The number of nitrogens with one attached hydrogen (secondary N) is 1. The fourth-order valence-corrected chi connectivity index (χ4v) is 4.02. The van der Waals surface area contributed by atoms with Crippen LogP contribution < -0.4 is 5.32 Å². The van der Waals surface area contributed by atoms with Crippen molar-refractivity contribution in [3.63, 3.8) is 0 Å². The molecule has 2 fully saturated rings. The molecule has 0 aliphatic carbocycles. The van der Waals surface area contributed by atoms with Crippen LogP contribution in [0.3, 0.4) is 0 Å². The predicted octanol–water partition coefficient (Wildman–Crippen LogP) is 2.88. The molecule has 2 aliphatic heterocycles. The Bertz CT molecular complexity index is 804. The predicted molar refractivity (Wildman–Crippen MR) is 103 cm³/mol. The zero-order valence-electron chi connectivity index (χ0n) is 15.4. The molecule has 1 aromatic carbocycles. The highest BCUT2D eigenvalue weighted by molar-refractivity contribution is 5.88. The molecule has 27 heavy (non-hydrogen) atoms. The van der Waals surface area contributed by atoms with E-state index < -0.39 is 0 Å². The maximum atomic E-state index is 12.8. The summed E-state index contributed by atoms with van der Waals surface area (Å²) in [6.07, 6.45) is 7.86. The van der Waals surface area contributed by atoms with E-state index in [1.165, 1.54) is 0 Å².